The fraction of sp³-hybridized carbons (Fsp3) is 0.417. The summed E-state index contributed by atoms with van der Waals surface area (Å²) in [5, 5.41) is 0.534. The predicted molar refractivity (Wildman–Crippen MR) is 63.6 cm³/mol. The number of benzene rings is 1. The average Bonchev–Trinajstić information content (AvgIpc) is 2.29. The van der Waals surface area contributed by atoms with Gasteiger partial charge in [-0.3, -0.25) is 0 Å². The molecule has 0 saturated heterocycles. The van der Waals surface area contributed by atoms with Gasteiger partial charge in [0.05, 0.1) is 18.7 Å². The first-order chi connectivity index (χ1) is 7.72. The molecule has 0 radical (unpaired) electrons. The van der Waals surface area contributed by atoms with Crippen molar-refractivity contribution < 1.29 is 14.3 Å². The molecule has 0 atom stereocenters. The monoisotopic (exact) mass is 242 g/mol. The Balaban J connectivity index is 3.02. The smallest absolute Gasteiger partial charge is 0.141 e. The van der Waals surface area contributed by atoms with Gasteiger partial charge in [0.1, 0.15) is 17.8 Å². The SMILES string of the molecule is CCOc1cc(OC)c(Cl)cc1CCC=O. The standard InChI is InChI=1S/C12H15ClO3/c1-3-16-11-8-12(15-2)10(13)7-9(11)5-4-6-14/h6-8H,3-5H2,1-2H3. The molecule has 0 unspecified atom stereocenters. The van der Waals surface area contributed by atoms with Crippen LogP contribution in [0.25, 0.3) is 0 Å². The molecule has 1 aromatic rings. The third kappa shape index (κ3) is 3.14. The molecule has 3 nitrogen and oxygen atoms in total. The van der Waals surface area contributed by atoms with Gasteiger partial charge in [-0.05, 0) is 25.0 Å². The van der Waals surface area contributed by atoms with Crippen molar-refractivity contribution in [2.24, 2.45) is 0 Å². The second-order valence-electron chi connectivity index (χ2n) is 3.23. The van der Waals surface area contributed by atoms with Gasteiger partial charge < -0.3 is 14.3 Å². The lowest BCUT2D eigenvalue weighted by Gasteiger charge is -2.12. The zero-order valence-electron chi connectivity index (χ0n) is 9.46. The van der Waals surface area contributed by atoms with Crippen LogP contribution in [0.4, 0.5) is 0 Å². The van der Waals surface area contributed by atoms with Crippen molar-refractivity contribution >= 4 is 17.9 Å². The van der Waals surface area contributed by atoms with Crippen molar-refractivity contribution in [3.8, 4) is 11.5 Å². The largest absolute Gasteiger partial charge is 0.495 e. The Morgan fingerprint density at radius 3 is 2.69 bits per heavy atom. The van der Waals surface area contributed by atoms with Gasteiger partial charge in [-0.15, -0.1) is 0 Å². The molecule has 88 valence electrons. The third-order valence-electron chi connectivity index (χ3n) is 2.17. The molecule has 0 aromatic heterocycles. The maximum atomic E-state index is 10.4. The molecule has 4 heteroatoms. The number of hydrogen-bond acceptors (Lipinski definition) is 3. The number of carbonyl (C=O) groups excluding carboxylic acids is 1. The van der Waals surface area contributed by atoms with Gasteiger partial charge in [-0.25, -0.2) is 0 Å². The van der Waals surface area contributed by atoms with E-state index in [1.807, 2.05) is 6.92 Å². The summed E-state index contributed by atoms with van der Waals surface area (Å²) in [5.74, 6) is 1.31. The maximum absolute atomic E-state index is 10.4. The molecular formula is C12H15ClO3. The average molecular weight is 243 g/mol. The molecular weight excluding hydrogens is 228 g/mol. The second-order valence-corrected chi connectivity index (χ2v) is 3.64. The minimum Gasteiger partial charge on any atom is -0.495 e. The molecule has 0 N–H and O–H groups in total. The van der Waals surface area contributed by atoms with Crippen LogP contribution in [0, 0.1) is 0 Å². The molecule has 0 spiro atoms. The van der Waals surface area contributed by atoms with Crippen molar-refractivity contribution in [3.05, 3.63) is 22.7 Å². The number of aryl methyl sites for hydroxylation is 1. The van der Waals surface area contributed by atoms with E-state index in [0.717, 1.165) is 17.6 Å². The molecule has 16 heavy (non-hydrogen) atoms. The highest BCUT2D eigenvalue weighted by Gasteiger charge is 2.09. The van der Waals surface area contributed by atoms with Crippen LogP contribution in [0.5, 0.6) is 11.5 Å². The number of ether oxygens (including phenoxy) is 2. The van der Waals surface area contributed by atoms with E-state index in [1.165, 1.54) is 0 Å². The van der Waals surface area contributed by atoms with Gasteiger partial charge in [0.15, 0.2) is 0 Å². The zero-order chi connectivity index (χ0) is 12.0. The Morgan fingerprint density at radius 1 is 1.38 bits per heavy atom. The Kier molecular flexibility index (Phi) is 5.12. The van der Waals surface area contributed by atoms with Gasteiger partial charge in [0.2, 0.25) is 0 Å². The molecule has 0 aliphatic rings. The highest BCUT2D eigenvalue weighted by atomic mass is 35.5. The highest BCUT2D eigenvalue weighted by molar-refractivity contribution is 6.32. The van der Waals surface area contributed by atoms with Crippen molar-refractivity contribution in [2.75, 3.05) is 13.7 Å². The number of methoxy groups -OCH3 is 1. The Labute approximate surface area is 100 Å². The van der Waals surface area contributed by atoms with Gasteiger partial charge in [-0.1, -0.05) is 11.6 Å². The molecule has 1 rings (SSSR count). The Morgan fingerprint density at radius 2 is 2.12 bits per heavy atom. The molecule has 0 aliphatic carbocycles. The Hall–Kier alpha value is -1.22. The van der Waals surface area contributed by atoms with E-state index in [0.29, 0.717) is 30.2 Å². The number of aldehydes is 1. The molecule has 1 aromatic carbocycles. The van der Waals surface area contributed by atoms with Crippen molar-refractivity contribution in [2.45, 2.75) is 19.8 Å². The molecule has 0 fully saturated rings. The van der Waals surface area contributed by atoms with Crippen LogP contribution in [-0.4, -0.2) is 20.0 Å². The summed E-state index contributed by atoms with van der Waals surface area (Å²) in [5.41, 5.74) is 0.930. The van der Waals surface area contributed by atoms with E-state index >= 15 is 0 Å². The lowest BCUT2D eigenvalue weighted by molar-refractivity contribution is -0.107. The normalized spacial score (nSPS) is 9.94. The third-order valence-corrected chi connectivity index (χ3v) is 2.46. The Bertz CT molecular complexity index is 364. The van der Waals surface area contributed by atoms with Crippen LogP contribution in [0.1, 0.15) is 18.9 Å². The van der Waals surface area contributed by atoms with Crippen molar-refractivity contribution in [1.82, 2.24) is 0 Å². The van der Waals surface area contributed by atoms with Crippen LogP contribution < -0.4 is 9.47 Å². The summed E-state index contributed by atoms with van der Waals surface area (Å²) in [6, 6.07) is 3.54. The van der Waals surface area contributed by atoms with E-state index in [-0.39, 0.29) is 0 Å². The summed E-state index contributed by atoms with van der Waals surface area (Å²) in [4.78, 5) is 10.4. The minimum atomic E-state index is 0.461. The first kappa shape index (κ1) is 12.8. The van der Waals surface area contributed by atoms with Gasteiger partial charge >= 0.3 is 0 Å². The van der Waals surface area contributed by atoms with E-state index in [2.05, 4.69) is 0 Å². The molecule has 0 aliphatic heterocycles. The molecule has 0 heterocycles. The van der Waals surface area contributed by atoms with Crippen LogP contribution in [0.3, 0.4) is 0 Å². The van der Waals surface area contributed by atoms with E-state index in [1.54, 1.807) is 19.2 Å². The summed E-state index contributed by atoms with van der Waals surface area (Å²) in [7, 11) is 1.56. The summed E-state index contributed by atoms with van der Waals surface area (Å²) in [6.45, 7) is 2.48. The van der Waals surface area contributed by atoms with Crippen LogP contribution in [-0.2, 0) is 11.2 Å². The first-order valence-corrected chi connectivity index (χ1v) is 5.53. The van der Waals surface area contributed by atoms with Gasteiger partial charge in [0, 0.05) is 12.5 Å². The fourth-order valence-corrected chi connectivity index (χ4v) is 1.70. The lowest BCUT2D eigenvalue weighted by Crippen LogP contribution is -1.99. The van der Waals surface area contributed by atoms with Crippen LogP contribution in [0.2, 0.25) is 5.02 Å². The summed E-state index contributed by atoms with van der Waals surface area (Å²) < 4.78 is 10.6. The first-order valence-electron chi connectivity index (χ1n) is 5.15. The number of rotatable bonds is 6. The van der Waals surface area contributed by atoms with Crippen LogP contribution >= 0.6 is 11.6 Å². The summed E-state index contributed by atoms with van der Waals surface area (Å²) >= 11 is 6.01. The van der Waals surface area contributed by atoms with Crippen molar-refractivity contribution in [3.63, 3.8) is 0 Å². The van der Waals surface area contributed by atoms with Gasteiger partial charge in [0.25, 0.3) is 0 Å². The molecule has 0 saturated carbocycles. The van der Waals surface area contributed by atoms with E-state index in [4.69, 9.17) is 21.1 Å². The summed E-state index contributed by atoms with van der Waals surface area (Å²) in [6.07, 6.45) is 1.97. The fourth-order valence-electron chi connectivity index (χ4n) is 1.43. The minimum absolute atomic E-state index is 0.461. The highest BCUT2D eigenvalue weighted by Crippen LogP contribution is 2.33. The second kappa shape index (κ2) is 6.38. The van der Waals surface area contributed by atoms with E-state index in [9.17, 15) is 4.79 Å². The molecule has 0 bridgehead atoms. The number of halogens is 1. The van der Waals surface area contributed by atoms with E-state index < -0.39 is 0 Å². The quantitative estimate of drug-likeness (QED) is 0.720. The number of hydrogen-bond donors (Lipinski definition) is 0. The maximum Gasteiger partial charge on any atom is 0.141 e. The zero-order valence-corrected chi connectivity index (χ0v) is 10.2. The van der Waals surface area contributed by atoms with Crippen molar-refractivity contribution in [1.29, 1.82) is 0 Å². The van der Waals surface area contributed by atoms with Crippen LogP contribution in [0.15, 0.2) is 12.1 Å². The predicted octanol–water partition coefficient (Wildman–Crippen LogP) is 2.88. The molecule has 0 amide bonds. The topological polar surface area (TPSA) is 35.5 Å². The number of carbonyl (C=O) groups is 1. The van der Waals surface area contributed by atoms with Gasteiger partial charge in [-0.2, -0.15) is 0 Å². The lowest BCUT2D eigenvalue weighted by atomic mass is 10.1.